The van der Waals surface area contributed by atoms with Gasteiger partial charge in [0.15, 0.2) is 5.82 Å². The number of rotatable bonds is 2. The van der Waals surface area contributed by atoms with Crippen LogP contribution in [0.25, 0.3) is 44.5 Å². The van der Waals surface area contributed by atoms with Crippen LogP contribution in [0.1, 0.15) is 0 Å². The zero-order valence-electron chi connectivity index (χ0n) is 12.8. The molecule has 0 aliphatic heterocycles. The molecule has 0 unspecified atom stereocenters. The van der Waals surface area contributed by atoms with Crippen molar-refractivity contribution in [3.05, 3.63) is 72.9 Å². The zero-order valence-corrected chi connectivity index (χ0v) is 12.8. The van der Waals surface area contributed by atoms with Crippen LogP contribution in [-0.2, 0) is 0 Å². The molecule has 0 atom stereocenters. The fourth-order valence-corrected chi connectivity index (χ4v) is 3.11. The van der Waals surface area contributed by atoms with E-state index in [2.05, 4.69) is 40.5 Å². The van der Waals surface area contributed by atoms with Crippen LogP contribution >= 0.6 is 0 Å². The summed E-state index contributed by atoms with van der Waals surface area (Å²) in [6.45, 7) is 0. The van der Waals surface area contributed by atoms with Gasteiger partial charge in [-0.15, -0.1) is 0 Å². The van der Waals surface area contributed by atoms with Gasteiger partial charge in [0.25, 0.3) is 0 Å². The molecule has 0 radical (unpaired) electrons. The fraction of sp³-hybridized carbons (Fsp3) is 0. The number of nitrogens with zero attached hydrogens (tertiary/aromatic N) is 2. The third kappa shape index (κ3) is 2.01. The number of fused-ring (bicyclic) bond motifs is 2. The van der Waals surface area contributed by atoms with Crippen molar-refractivity contribution in [2.75, 3.05) is 0 Å². The molecule has 5 rings (SSSR count). The van der Waals surface area contributed by atoms with Crippen LogP contribution in [0.15, 0.2) is 72.9 Å². The molecule has 5 aromatic rings. The van der Waals surface area contributed by atoms with Crippen LogP contribution in [0.5, 0.6) is 0 Å². The molecule has 2 N–H and O–H groups in total. The van der Waals surface area contributed by atoms with Crippen molar-refractivity contribution in [1.82, 2.24) is 20.2 Å². The number of nitrogens with one attached hydrogen (secondary N) is 2. The van der Waals surface area contributed by atoms with Crippen LogP contribution in [0.3, 0.4) is 0 Å². The topological polar surface area (TPSA) is 57.4 Å². The minimum Gasteiger partial charge on any atom is -0.307 e. The maximum absolute atomic E-state index is 4.76. The molecule has 0 saturated carbocycles. The van der Waals surface area contributed by atoms with E-state index in [1.54, 1.807) is 0 Å². The second-order valence-corrected chi connectivity index (χ2v) is 5.80. The molecule has 0 aliphatic carbocycles. The summed E-state index contributed by atoms with van der Waals surface area (Å²) in [5, 5.41) is 7.21. The lowest BCUT2D eigenvalue weighted by atomic mass is 9.99. The van der Waals surface area contributed by atoms with Gasteiger partial charge in [0.2, 0.25) is 0 Å². The maximum atomic E-state index is 4.76. The largest absolute Gasteiger partial charge is 0.307 e. The summed E-state index contributed by atoms with van der Waals surface area (Å²) < 4.78 is 0. The Hall–Kier alpha value is -3.40. The number of hydrogen-bond donors (Lipinski definition) is 2. The zero-order chi connectivity index (χ0) is 15.9. The van der Waals surface area contributed by atoms with Crippen molar-refractivity contribution in [3.63, 3.8) is 0 Å². The van der Waals surface area contributed by atoms with E-state index in [-0.39, 0.29) is 0 Å². The summed E-state index contributed by atoms with van der Waals surface area (Å²) in [7, 11) is 0. The quantitative estimate of drug-likeness (QED) is 0.493. The molecule has 2 aromatic heterocycles. The van der Waals surface area contributed by atoms with E-state index in [1.165, 1.54) is 5.56 Å². The monoisotopic (exact) mass is 310 g/mol. The Morgan fingerprint density at radius 3 is 2.25 bits per heavy atom. The van der Waals surface area contributed by atoms with Gasteiger partial charge < -0.3 is 10.2 Å². The van der Waals surface area contributed by atoms with Crippen LogP contribution in [0.2, 0.25) is 0 Å². The Labute approximate surface area is 138 Å². The average Bonchev–Trinajstić information content (AvgIpc) is 3.26. The molecule has 4 nitrogen and oxygen atoms in total. The van der Waals surface area contributed by atoms with E-state index in [0.29, 0.717) is 0 Å². The van der Waals surface area contributed by atoms with Gasteiger partial charge >= 0.3 is 0 Å². The molecule has 0 bridgehead atoms. The van der Waals surface area contributed by atoms with E-state index in [1.807, 2.05) is 42.6 Å². The minimum absolute atomic E-state index is 0.765. The first-order valence-electron chi connectivity index (χ1n) is 7.86. The highest BCUT2D eigenvalue weighted by molar-refractivity contribution is 5.94. The normalized spacial score (nSPS) is 11.3. The SMILES string of the molecule is c1ccc(-c2ccccc2-c2nc3cc4c[nH][nH]c4cc3n2)cc1. The molecule has 0 amide bonds. The smallest absolute Gasteiger partial charge is 0.161 e. The first-order valence-corrected chi connectivity index (χ1v) is 7.86. The summed E-state index contributed by atoms with van der Waals surface area (Å²) in [4.78, 5) is 9.51. The molecule has 2 heterocycles. The Kier molecular flexibility index (Phi) is 2.76. The van der Waals surface area contributed by atoms with Crippen LogP contribution < -0.4 is 0 Å². The van der Waals surface area contributed by atoms with Gasteiger partial charge in [-0.05, 0) is 23.3 Å². The van der Waals surface area contributed by atoms with E-state index in [4.69, 9.17) is 9.97 Å². The van der Waals surface area contributed by atoms with E-state index in [0.717, 1.165) is 38.9 Å². The Morgan fingerprint density at radius 2 is 1.42 bits per heavy atom. The van der Waals surface area contributed by atoms with Gasteiger partial charge in [0, 0.05) is 17.1 Å². The van der Waals surface area contributed by atoms with Gasteiger partial charge in [-0.1, -0.05) is 54.6 Å². The van der Waals surface area contributed by atoms with E-state index < -0.39 is 0 Å². The van der Waals surface area contributed by atoms with Crippen molar-refractivity contribution in [2.45, 2.75) is 0 Å². The summed E-state index contributed by atoms with van der Waals surface area (Å²) in [5.41, 5.74) is 6.21. The summed E-state index contributed by atoms with van der Waals surface area (Å²) >= 11 is 0. The molecule has 3 aromatic carbocycles. The molecule has 4 heteroatoms. The predicted octanol–water partition coefficient (Wildman–Crippen LogP) is 4.77. The highest BCUT2D eigenvalue weighted by atomic mass is 15.1. The minimum atomic E-state index is 0.765. The number of aromatic amines is 2. The molecular formula is C20H14N4. The third-order valence-electron chi connectivity index (χ3n) is 4.29. The first-order chi connectivity index (χ1) is 11.9. The second kappa shape index (κ2) is 5.06. The number of hydrogen-bond acceptors (Lipinski definition) is 2. The molecule has 0 saturated heterocycles. The number of imidazole rings is 1. The molecule has 114 valence electrons. The fourth-order valence-electron chi connectivity index (χ4n) is 3.11. The van der Waals surface area contributed by atoms with Crippen LogP contribution in [-0.4, -0.2) is 20.2 Å². The predicted molar refractivity (Wildman–Crippen MR) is 96.6 cm³/mol. The van der Waals surface area contributed by atoms with Crippen molar-refractivity contribution in [1.29, 1.82) is 0 Å². The molecular weight excluding hydrogens is 296 g/mol. The summed E-state index contributed by atoms with van der Waals surface area (Å²) in [6.07, 6.45) is 1.93. The van der Waals surface area contributed by atoms with Crippen molar-refractivity contribution < 1.29 is 0 Å². The Balaban J connectivity index is 1.73. The molecule has 0 fully saturated rings. The van der Waals surface area contributed by atoms with E-state index in [9.17, 15) is 0 Å². The van der Waals surface area contributed by atoms with Crippen molar-refractivity contribution in [3.8, 4) is 22.5 Å². The van der Waals surface area contributed by atoms with Gasteiger partial charge in [0.05, 0.1) is 16.6 Å². The van der Waals surface area contributed by atoms with Gasteiger partial charge in [-0.3, -0.25) is 0 Å². The summed E-state index contributed by atoms with van der Waals surface area (Å²) in [5.74, 6) is 0.765. The third-order valence-corrected chi connectivity index (χ3v) is 4.29. The standard InChI is InChI=1S/C20H14N4/c1-2-6-13(7-3-1)15-8-4-5-9-16(15)20-22-18-10-14-12-21-24-17(14)11-19(18)23-20/h1-12,21,24H. The lowest BCUT2D eigenvalue weighted by molar-refractivity contribution is 1.12. The molecule has 0 aliphatic rings. The maximum Gasteiger partial charge on any atom is 0.161 e. The number of aromatic nitrogens is 4. The van der Waals surface area contributed by atoms with E-state index >= 15 is 0 Å². The Bertz CT molecular complexity index is 1100. The van der Waals surface area contributed by atoms with Gasteiger partial charge in [-0.2, -0.15) is 0 Å². The van der Waals surface area contributed by atoms with Gasteiger partial charge in [0.1, 0.15) is 0 Å². The van der Waals surface area contributed by atoms with Crippen molar-refractivity contribution in [2.24, 2.45) is 0 Å². The molecule has 0 spiro atoms. The lowest BCUT2D eigenvalue weighted by Gasteiger charge is -2.06. The Morgan fingerprint density at radius 1 is 0.708 bits per heavy atom. The number of H-pyrrole nitrogens is 2. The van der Waals surface area contributed by atoms with Crippen LogP contribution in [0.4, 0.5) is 0 Å². The summed E-state index contributed by atoms with van der Waals surface area (Å²) in [6, 6.07) is 22.7. The second-order valence-electron chi connectivity index (χ2n) is 5.80. The van der Waals surface area contributed by atoms with Gasteiger partial charge in [-0.25, -0.2) is 9.97 Å². The van der Waals surface area contributed by atoms with Crippen LogP contribution in [0, 0.1) is 0 Å². The average molecular weight is 310 g/mol. The first kappa shape index (κ1) is 13.1. The number of benzene rings is 3. The highest BCUT2D eigenvalue weighted by Gasteiger charge is 2.13. The van der Waals surface area contributed by atoms with Crippen molar-refractivity contribution >= 4 is 21.9 Å². The molecule has 24 heavy (non-hydrogen) atoms. The lowest BCUT2D eigenvalue weighted by Crippen LogP contribution is -1.86. The highest BCUT2D eigenvalue weighted by Crippen LogP contribution is 2.32.